The molecule has 1 aliphatic heterocycles. The van der Waals surface area contributed by atoms with Gasteiger partial charge < -0.3 is 15.5 Å². The largest absolute Gasteiger partial charge is 0.336 e. The number of carbonyl (C=O) groups excluding carboxylic acids is 2. The fourth-order valence-corrected chi connectivity index (χ4v) is 2.53. The Hall–Kier alpha value is -1.47. The molecule has 114 valence electrons. The highest BCUT2D eigenvalue weighted by Gasteiger charge is 2.24. The van der Waals surface area contributed by atoms with Crippen LogP contribution in [-0.4, -0.2) is 48.4 Å². The lowest BCUT2D eigenvalue weighted by Crippen LogP contribution is -2.43. The Morgan fingerprint density at radius 2 is 2.33 bits per heavy atom. The van der Waals surface area contributed by atoms with E-state index in [0.29, 0.717) is 12.4 Å². The van der Waals surface area contributed by atoms with Gasteiger partial charge >= 0.3 is 0 Å². The minimum atomic E-state index is -0.246. The van der Waals surface area contributed by atoms with Crippen molar-refractivity contribution in [1.82, 2.24) is 15.2 Å². The molecule has 1 fully saturated rings. The second kappa shape index (κ2) is 7.51. The monoisotopic (exact) mass is 354 g/mol. The average Bonchev–Trinajstić information content (AvgIpc) is 2.49. The summed E-state index contributed by atoms with van der Waals surface area (Å²) in [4.78, 5) is 29.7. The highest BCUT2D eigenvalue weighted by Crippen LogP contribution is 2.13. The molecule has 0 aromatic carbocycles. The quantitative estimate of drug-likeness (QED) is 0.852. The van der Waals surface area contributed by atoms with Gasteiger partial charge in [0.2, 0.25) is 11.8 Å². The summed E-state index contributed by atoms with van der Waals surface area (Å²) in [5.74, 6) is 0.219. The van der Waals surface area contributed by atoms with Crippen molar-refractivity contribution in [2.45, 2.75) is 12.8 Å². The maximum Gasteiger partial charge on any atom is 0.245 e. The molecule has 0 bridgehead atoms. The number of rotatable bonds is 4. The van der Waals surface area contributed by atoms with E-state index in [4.69, 9.17) is 0 Å². The molecule has 0 spiro atoms. The van der Waals surface area contributed by atoms with E-state index in [1.54, 1.807) is 25.4 Å². The summed E-state index contributed by atoms with van der Waals surface area (Å²) >= 11 is 3.28. The van der Waals surface area contributed by atoms with Crippen LogP contribution in [0.5, 0.6) is 0 Å². The van der Waals surface area contributed by atoms with Crippen LogP contribution < -0.4 is 10.6 Å². The number of likely N-dealkylation sites (N-methyl/N-ethyl adjacent to an activating group) is 1. The minimum Gasteiger partial charge on any atom is -0.336 e. The Balaban J connectivity index is 1.83. The zero-order valence-electron chi connectivity index (χ0n) is 11.9. The van der Waals surface area contributed by atoms with Gasteiger partial charge in [-0.15, -0.1) is 0 Å². The second-order valence-corrected chi connectivity index (χ2v) is 6.06. The number of hydrogen-bond acceptors (Lipinski definition) is 4. The summed E-state index contributed by atoms with van der Waals surface area (Å²) in [6.07, 6.45) is 3.49. The van der Waals surface area contributed by atoms with Crippen LogP contribution in [-0.2, 0) is 9.59 Å². The summed E-state index contributed by atoms with van der Waals surface area (Å²) in [6, 6.07) is 3.50. The Morgan fingerprint density at radius 1 is 1.52 bits per heavy atom. The zero-order valence-corrected chi connectivity index (χ0v) is 13.5. The van der Waals surface area contributed by atoms with Crippen molar-refractivity contribution >= 4 is 33.6 Å². The van der Waals surface area contributed by atoms with Gasteiger partial charge in [-0.05, 0) is 47.4 Å². The number of halogens is 1. The predicted octanol–water partition coefficient (Wildman–Crippen LogP) is 1.24. The van der Waals surface area contributed by atoms with Crippen LogP contribution in [0.15, 0.2) is 22.8 Å². The van der Waals surface area contributed by atoms with Crippen molar-refractivity contribution < 1.29 is 9.59 Å². The molecule has 0 saturated carbocycles. The van der Waals surface area contributed by atoms with E-state index in [9.17, 15) is 9.59 Å². The third kappa shape index (κ3) is 4.78. The van der Waals surface area contributed by atoms with E-state index in [0.717, 1.165) is 23.9 Å². The van der Waals surface area contributed by atoms with Gasteiger partial charge in [-0.3, -0.25) is 9.59 Å². The van der Waals surface area contributed by atoms with Crippen LogP contribution in [0.25, 0.3) is 0 Å². The molecule has 1 unspecified atom stereocenters. The highest BCUT2D eigenvalue weighted by atomic mass is 79.9. The minimum absolute atomic E-state index is 0.0149. The predicted molar refractivity (Wildman–Crippen MR) is 83.8 cm³/mol. The molecule has 0 radical (unpaired) electrons. The first-order valence-corrected chi connectivity index (χ1v) is 7.72. The van der Waals surface area contributed by atoms with Gasteiger partial charge in [0.15, 0.2) is 0 Å². The average molecular weight is 355 g/mol. The van der Waals surface area contributed by atoms with Crippen molar-refractivity contribution in [3.8, 4) is 0 Å². The normalized spacial score (nSPS) is 18.1. The van der Waals surface area contributed by atoms with Gasteiger partial charge in [-0.1, -0.05) is 0 Å². The van der Waals surface area contributed by atoms with Crippen LogP contribution >= 0.6 is 15.9 Å². The number of anilines is 1. The number of hydrogen-bond donors (Lipinski definition) is 2. The first-order valence-electron chi connectivity index (χ1n) is 6.93. The van der Waals surface area contributed by atoms with E-state index >= 15 is 0 Å². The number of amides is 2. The molecule has 1 aromatic rings. The number of pyridine rings is 1. The molecule has 2 heterocycles. The molecule has 2 amide bonds. The molecule has 1 atom stereocenters. The van der Waals surface area contributed by atoms with Gasteiger partial charge in [0.25, 0.3) is 0 Å². The number of piperidine rings is 1. The molecule has 1 aromatic heterocycles. The van der Waals surface area contributed by atoms with Crippen molar-refractivity contribution in [3.05, 3.63) is 22.8 Å². The number of nitrogens with one attached hydrogen (secondary N) is 2. The van der Waals surface area contributed by atoms with Gasteiger partial charge in [0, 0.05) is 24.3 Å². The van der Waals surface area contributed by atoms with Gasteiger partial charge in [0.1, 0.15) is 5.82 Å². The first kappa shape index (κ1) is 15.9. The van der Waals surface area contributed by atoms with Gasteiger partial charge in [0.05, 0.1) is 12.5 Å². The summed E-state index contributed by atoms with van der Waals surface area (Å²) < 4.78 is 0.845. The molecule has 1 aliphatic rings. The Labute approximate surface area is 132 Å². The third-order valence-electron chi connectivity index (χ3n) is 3.40. The van der Waals surface area contributed by atoms with Crippen molar-refractivity contribution in [3.63, 3.8) is 0 Å². The molecule has 0 aliphatic carbocycles. The zero-order chi connectivity index (χ0) is 15.2. The first-order chi connectivity index (χ1) is 10.1. The van der Waals surface area contributed by atoms with Gasteiger partial charge in [-0.2, -0.15) is 0 Å². The van der Waals surface area contributed by atoms with E-state index in [-0.39, 0.29) is 24.3 Å². The highest BCUT2D eigenvalue weighted by molar-refractivity contribution is 9.10. The Kier molecular flexibility index (Phi) is 5.69. The Morgan fingerprint density at radius 3 is 2.95 bits per heavy atom. The van der Waals surface area contributed by atoms with Crippen LogP contribution in [0.1, 0.15) is 12.8 Å². The van der Waals surface area contributed by atoms with E-state index in [1.165, 1.54) is 4.90 Å². The molecular weight excluding hydrogens is 336 g/mol. The molecule has 21 heavy (non-hydrogen) atoms. The van der Waals surface area contributed by atoms with E-state index in [1.807, 2.05) is 0 Å². The smallest absolute Gasteiger partial charge is 0.245 e. The summed E-state index contributed by atoms with van der Waals surface area (Å²) in [7, 11) is 1.66. The fourth-order valence-electron chi connectivity index (χ4n) is 2.30. The van der Waals surface area contributed by atoms with Crippen molar-refractivity contribution in [1.29, 1.82) is 0 Å². The van der Waals surface area contributed by atoms with Crippen LogP contribution in [0, 0.1) is 5.92 Å². The molecule has 2 N–H and O–H groups in total. The SMILES string of the molecule is CN(CC(=O)Nc1ccc(Br)cn1)C(=O)C1CCCNC1. The number of aromatic nitrogens is 1. The summed E-state index contributed by atoms with van der Waals surface area (Å²) in [5, 5.41) is 5.88. The molecule has 7 heteroatoms. The van der Waals surface area contributed by atoms with Crippen LogP contribution in [0.3, 0.4) is 0 Å². The van der Waals surface area contributed by atoms with E-state index < -0.39 is 0 Å². The van der Waals surface area contributed by atoms with Crippen LogP contribution in [0.2, 0.25) is 0 Å². The lowest BCUT2D eigenvalue weighted by molar-refractivity contribution is -0.137. The topological polar surface area (TPSA) is 74.3 Å². The standard InChI is InChI=1S/C14H19BrN4O2/c1-19(14(21)10-3-2-6-16-7-10)9-13(20)18-12-5-4-11(15)8-17-12/h4-5,8,10,16H,2-3,6-7,9H2,1H3,(H,17,18,20). The molecular formula is C14H19BrN4O2. The maximum atomic E-state index is 12.2. The molecule has 6 nitrogen and oxygen atoms in total. The number of carbonyl (C=O) groups is 2. The maximum absolute atomic E-state index is 12.2. The van der Waals surface area contributed by atoms with Crippen LogP contribution in [0.4, 0.5) is 5.82 Å². The molecule has 2 rings (SSSR count). The Bertz CT molecular complexity index is 500. The second-order valence-electron chi connectivity index (χ2n) is 5.15. The summed E-state index contributed by atoms with van der Waals surface area (Å²) in [6.45, 7) is 1.69. The van der Waals surface area contributed by atoms with Crippen molar-refractivity contribution in [2.75, 3.05) is 32.0 Å². The molecule has 1 saturated heterocycles. The summed E-state index contributed by atoms with van der Waals surface area (Å²) in [5.41, 5.74) is 0. The van der Waals surface area contributed by atoms with E-state index in [2.05, 4.69) is 31.5 Å². The fraction of sp³-hybridized carbons (Fsp3) is 0.500. The van der Waals surface area contributed by atoms with Gasteiger partial charge in [-0.25, -0.2) is 4.98 Å². The lowest BCUT2D eigenvalue weighted by atomic mass is 9.98. The lowest BCUT2D eigenvalue weighted by Gasteiger charge is -2.26. The third-order valence-corrected chi connectivity index (χ3v) is 3.87. The van der Waals surface area contributed by atoms with Crippen molar-refractivity contribution in [2.24, 2.45) is 5.92 Å². The number of nitrogens with zero attached hydrogens (tertiary/aromatic N) is 2.